The van der Waals surface area contributed by atoms with Gasteiger partial charge in [-0.25, -0.2) is 0 Å². The Balaban J connectivity index is 1.56. The van der Waals surface area contributed by atoms with E-state index in [4.69, 9.17) is 9.47 Å². The van der Waals surface area contributed by atoms with Crippen LogP contribution in [-0.4, -0.2) is 31.5 Å². The van der Waals surface area contributed by atoms with E-state index in [1.54, 1.807) is 0 Å². The second-order valence-electron chi connectivity index (χ2n) is 6.24. The van der Waals surface area contributed by atoms with Crippen molar-refractivity contribution in [1.29, 1.82) is 0 Å². The third-order valence-electron chi connectivity index (χ3n) is 4.29. The van der Waals surface area contributed by atoms with Crippen molar-refractivity contribution in [2.75, 3.05) is 26.4 Å². The molecule has 23 heavy (non-hydrogen) atoms. The van der Waals surface area contributed by atoms with Crippen molar-refractivity contribution in [2.24, 2.45) is 5.41 Å². The van der Waals surface area contributed by atoms with Crippen LogP contribution >= 0.6 is 0 Å². The molecule has 3 rings (SSSR count). The number of aliphatic hydroxyl groups is 1. The molecule has 1 heterocycles. The Morgan fingerprint density at radius 1 is 1.09 bits per heavy atom. The molecule has 4 nitrogen and oxygen atoms in total. The highest BCUT2D eigenvalue weighted by Crippen LogP contribution is 2.27. The van der Waals surface area contributed by atoms with Crippen LogP contribution in [0.5, 0.6) is 11.5 Å². The number of aliphatic hydroxyl groups excluding tert-OH is 1. The van der Waals surface area contributed by atoms with Crippen LogP contribution in [0, 0.1) is 5.41 Å². The molecule has 2 aromatic rings. The number of nitrogens with one attached hydrogen (secondary N) is 1. The lowest BCUT2D eigenvalue weighted by Crippen LogP contribution is -2.52. The average Bonchev–Trinajstić information content (AvgIpc) is 2.56. The Bertz CT molecular complexity index is 603. The van der Waals surface area contributed by atoms with Crippen molar-refractivity contribution in [2.45, 2.75) is 13.0 Å². The number of para-hydroxylation sites is 1. The van der Waals surface area contributed by atoms with Gasteiger partial charge in [-0.3, -0.25) is 0 Å². The van der Waals surface area contributed by atoms with Crippen LogP contribution in [0.15, 0.2) is 54.6 Å². The summed E-state index contributed by atoms with van der Waals surface area (Å²) in [7, 11) is 0. The van der Waals surface area contributed by atoms with Gasteiger partial charge in [0, 0.05) is 12.6 Å². The average molecular weight is 313 g/mol. The quantitative estimate of drug-likeness (QED) is 0.824. The summed E-state index contributed by atoms with van der Waals surface area (Å²) < 4.78 is 11.0. The fourth-order valence-corrected chi connectivity index (χ4v) is 2.58. The lowest BCUT2D eigenvalue weighted by atomic mass is 9.86. The van der Waals surface area contributed by atoms with Crippen LogP contribution in [0.1, 0.15) is 18.5 Å². The maximum absolute atomic E-state index is 9.46. The highest BCUT2D eigenvalue weighted by atomic mass is 16.5. The topological polar surface area (TPSA) is 50.7 Å². The molecule has 0 amide bonds. The zero-order valence-corrected chi connectivity index (χ0v) is 13.4. The normalized spacial score (nSPS) is 17.3. The van der Waals surface area contributed by atoms with Gasteiger partial charge in [-0.1, -0.05) is 30.3 Å². The van der Waals surface area contributed by atoms with Crippen LogP contribution in [0.4, 0.5) is 0 Å². The largest absolute Gasteiger partial charge is 0.457 e. The molecule has 1 aliphatic rings. The van der Waals surface area contributed by atoms with E-state index in [-0.39, 0.29) is 18.1 Å². The van der Waals surface area contributed by atoms with Gasteiger partial charge in [-0.05, 0) is 36.8 Å². The minimum atomic E-state index is -0.107. The van der Waals surface area contributed by atoms with E-state index in [2.05, 4.69) is 24.4 Å². The van der Waals surface area contributed by atoms with E-state index >= 15 is 0 Å². The van der Waals surface area contributed by atoms with Gasteiger partial charge in [0.05, 0.1) is 25.2 Å². The highest BCUT2D eigenvalue weighted by Gasteiger charge is 2.37. The summed E-state index contributed by atoms with van der Waals surface area (Å²) in [6.07, 6.45) is 0. The number of benzene rings is 2. The molecule has 1 fully saturated rings. The monoisotopic (exact) mass is 313 g/mol. The maximum atomic E-state index is 9.46. The molecule has 0 aliphatic carbocycles. The molecule has 0 bridgehead atoms. The van der Waals surface area contributed by atoms with Crippen LogP contribution in [0.25, 0.3) is 0 Å². The van der Waals surface area contributed by atoms with Gasteiger partial charge < -0.3 is 19.9 Å². The van der Waals surface area contributed by atoms with Crippen molar-refractivity contribution in [3.63, 3.8) is 0 Å². The Hall–Kier alpha value is -1.88. The lowest BCUT2D eigenvalue weighted by Gasteiger charge is -2.40. The van der Waals surface area contributed by atoms with Crippen LogP contribution in [0.3, 0.4) is 0 Å². The molecular weight excluding hydrogens is 290 g/mol. The Morgan fingerprint density at radius 3 is 2.30 bits per heavy atom. The zero-order valence-electron chi connectivity index (χ0n) is 13.4. The van der Waals surface area contributed by atoms with Gasteiger partial charge >= 0.3 is 0 Å². The predicted octanol–water partition coefficient (Wildman–Crippen LogP) is 3.14. The summed E-state index contributed by atoms with van der Waals surface area (Å²) in [5.74, 6) is 1.66. The summed E-state index contributed by atoms with van der Waals surface area (Å²) >= 11 is 0. The molecule has 1 aliphatic heterocycles. The standard InChI is InChI=1S/C19H23NO3/c1-15(20-11-19(12-21)13-22-14-19)16-7-9-18(10-8-16)23-17-5-3-2-4-6-17/h2-10,15,20-21H,11-14H2,1H3. The molecule has 2 aromatic carbocycles. The van der Waals surface area contributed by atoms with E-state index in [1.807, 2.05) is 42.5 Å². The minimum absolute atomic E-state index is 0.107. The van der Waals surface area contributed by atoms with Gasteiger partial charge in [0.15, 0.2) is 0 Å². The summed E-state index contributed by atoms with van der Waals surface area (Å²) in [6, 6.07) is 18.1. The summed E-state index contributed by atoms with van der Waals surface area (Å²) in [5.41, 5.74) is 1.09. The van der Waals surface area contributed by atoms with E-state index in [9.17, 15) is 5.11 Å². The molecule has 0 aromatic heterocycles. The SMILES string of the molecule is CC(NCC1(CO)COC1)c1ccc(Oc2ccccc2)cc1. The first-order valence-electron chi connectivity index (χ1n) is 7.96. The van der Waals surface area contributed by atoms with Crippen LogP contribution in [0.2, 0.25) is 0 Å². The van der Waals surface area contributed by atoms with E-state index in [1.165, 1.54) is 5.56 Å². The first kappa shape index (κ1) is 16.0. The van der Waals surface area contributed by atoms with E-state index in [0.29, 0.717) is 13.2 Å². The first-order chi connectivity index (χ1) is 11.2. The Morgan fingerprint density at radius 2 is 1.74 bits per heavy atom. The molecule has 0 saturated carbocycles. The van der Waals surface area contributed by atoms with Gasteiger partial charge in [0.25, 0.3) is 0 Å². The third-order valence-corrected chi connectivity index (χ3v) is 4.29. The predicted molar refractivity (Wildman–Crippen MR) is 89.7 cm³/mol. The fourth-order valence-electron chi connectivity index (χ4n) is 2.58. The number of hydrogen-bond acceptors (Lipinski definition) is 4. The molecule has 122 valence electrons. The van der Waals surface area contributed by atoms with E-state index < -0.39 is 0 Å². The van der Waals surface area contributed by atoms with Crippen molar-refractivity contribution in [3.8, 4) is 11.5 Å². The van der Waals surface area contributed by atoms with Crippen molar-refractivity contribution >= 4 is 0 Å². The summed E-state index contributed by atoms with van der Waals surface area (Å²) in [4.78, 5) is 0. The van der Waals surface area contributed by atoms with Crippen molar-refractivity contribution in [3.05, 3.63) is 60.2 Å². The molecule has 0 radical (unpaired) electrons. The van der Waals surface area contributed by atoms with Gasteiger partial charge in [-0.2, -0.15) is 0 Å². The molecule has 2 N–H and O–H groups in total. The number of hydrogen-bond donors (Lipinski definition) is 2. The molecular formula is C19H23NO3. The first-order valence-corrected chi connectivity index (χ1v) is 7.96. The lowest BCUT2D eigenvalue weighted by molar-refractivity contribution is -0.135. The van der Waals surface area contributed by atoms with Crippen molar-refractivity contribution in [1.82, 2.24) is 5.32 Å². The number of rotatable bonds is 7. The summed E-state index contributed by atoms with van der Waals surface area (Å²) in [6.45, 7) is 4.31. The fraction of sp³-hybridized carbons (Fsp3) is 0.368. The highest BCUT2D eigenvalue weighted by molar-refractivity contribution is 5.33. The molecule has 1 atom stereocenters. The van der Waals surface area contributed by atoms with Gasteiger partial charge in [-0.15, -0.1) is 0 Å². The molecule has 1 unspecified atom stereocenters. The van der Waals surface area contributed by atoms with Crippen molar-refractivity contribution < 1.29 is 14.6 Å². The maximum Gasteiger partial charge on any atom is 0.127 e. The second-order valence-corrected chi connectivity index (χ2v) is 6.24. The number of ether oxygens (including phenoxy) is 2. The molecule has 1 saturated heterocycles. The van der Waals surface area contributed by atoms with Crippen LogP contribution in [-0.2, 0) is 4.74 Å². The minimum Gasteiger partial charge on any atom is -0.457 e. The summed E-state index contributed by atoms with van der Waals surface area (Å²) in [5, 5.41) is 12.9. The van der Waals surface area contributed by atoms with Gasteiger partial charge in [0.1, 0.15) is 11.5 Å². The Labute approximate surface area is 137 Å². The van der Waals surface area contributed by atoms with Crippen LogP contribution < -0.4 is 10.1 Å². The second kappa shape index (κ2) is 7.13. The van der Waals surface area contributed by atoms with Gasteiger partial charge in [0.2, 0.25) is 0 Å². The third kappa shape index (κ3) is 3.91. The molecule has 4 heteroatoms. The van der Waals surface area contributed by atoms with E-state index in [0.717, 1.165) is 18.0 Å². The zero-order chi connectivity index (χ0) is 16.1. The molecule has 0 spiro atoms. The smallest absolute Gasteiger partial charge is 0.127 e. The Kier molecular flexibility index (Phi) is 4.96.